The van der Waals surface area contributed by atoms with Crippen molar-refractivity contribution in [2.24, 2.45) is 0 Å². The first kappa shape index (κ1) is 17.0. The highest BCUT2D eigenvalue weighted by Crippen LogP contribution is 2.28. The summed E-state index contributed by atoms with van der Waals surface area (Å²) in [7, 11) is 0. The van der Waals surface area contributed by atoms with Gasteiger partial charge in [-0.1, -0.05) is 26.7 Å². The molecule has 0 N–H and O–H groups in total. The highest BCUT2D eigenvalue weighted by Gasteiger charge is 2.37. The van der Waals surface area contributed by atoms with Gasteiger partial charge < -0.3 is 14.2 Å². The van der Waals surface area contributed by atoms with E-state index in [1.54, 1.807) is 0 Å². The van der Waals surface area contributed by atoms with Crippen LogP contribution in [0.1, 0.15) is 57.1 Å². The number of amides is 1. The fourth-order valence-electron chi connectivity index (χ4n) is 4.48. The van der Waals surface area contributed by atoms with Gasteiger partial charge >= 0.3 is 0 Å². The summed E-state index contributed by atoms with van der Waals surface area (Å²) in [5.41, 5.74) is 0. The van der Waals surface area contributed by atoms with Crippen molar-refractivity contribution >= 4 is 5.91 Å². The molecule has 1 saturated carbocycles. The van der Waals surface area contributed by atoms with Crippen LogP contribution in [0.2, 0.25) is 0 Å². The van der Waals surface area contributed by atoms with E-state index in [0.29, 0.717) is 25.6 Å². The Hall–Kier alpha value is -1.47. The number of ether oxygens (including phenoxy) is 1. The maximum absolute atomic E-state index is 12.9. The number of hydrogen-bond acceptors (Lipinski definition) is 5. The summed E-state index contributed by atoms with van der Waals surface area (Å²) in [6.07, 6.45) is 4.87. The van der Waals surface area contributed by atoms with E-state index in [-0.39, 0.29) is 18.1 Å². The van der Waals surface area contributed by atoms with Crippen molar-refractivity contribution in [3.63, 3.8) is 0 Å². The third-order valence-electron chi connectivity index (χ3n) is 5.79. The fraction of sp³-hybridized carbons (Fsp3) is 0.833. The number of carbonyl (C=O) groups is 1. The van der Waals surface area contributed by atoms with Gasteiger partial charge in [0.2, 0.25) is 5.91 Å². The number of aromatic nitrogens is 3. The molecule has 2 fully saturated rings. The molecule has 0 bridgehead atoms. The normalized spacial score (nSPS) is 27.2. The Kier molecular flexibility index (Phi) is 4.78. The Labute approximate surface area is 149 Å². The standard InChI is InChI=1S/C18H29N5O2/c1-13(2)18-20-19-16-11-21(7-8-23(16)18)12-17(24)22-9-10-25-15-6-4-3-5-14(15)22/h13-15H,3-12H2,1-2H3/t14-,15+/m1/s1. The topological polar surface area (TPSA) is 63.5 Å². The van der Waals surface area contributed by atoms with Crippen molar-refractivity contribution in [2.45, 2.75) is 70.7 Å². The van der Waals surface area contributed by atoms with Gasteiger partial charge in [-0.2, -0.15) is 0 Å². The maximum atomic E-state index is 12.9. The minimum absolute atomic E-state index is 0.247. The molecular weight excluding hydrogens is 318 g/mol. The van der Waals surface area contributed by atoms with E-state index in [9.17, 15) is 4.79 Å². The summed E-state index contributed by atoms with van der Waals surface area (Å²) in [5, 5.41) is 8.67. The molecule has 1 amide bonds. The molecule has 1 aromatic heterocycles. The predicted octanol–water partition coefficient (Wildman–Crippen LogP) is 1.39. The van der Waals surface area contributed by atoms with Crippen LogP contribution >= 0.6 is 0 Å². The second-order valence-electron chi connectivity index (χ2n) is 7.84. The second kappa shape index (κ2) is 7.03. The average Bonchev–Trinajstić information content (AvgIpc) is 3.04. The van der Waals surface area contributed by atoms with Crippen LogP contribution in [0.25, 0.3) is 0 Å². The largest absolute Gasteiger partial charge is 0.374 e. The van der Waals surface area contributed by atoms with Gasteiger partial charge in [0.05, 0.1) is 31.8 Å². The van der Waals surface area contributed by atoms with Crippen molar-refractivity contribution in [3.05, 3.63) is 11.6 Å². The molecule has 4 rings (SSSR count). The number of rotatable bonds is 3. The number of hydrogen-bond donors (Lipinski definition) is 0. The summed E-state index contributed by atoms with van der Waals surface area (Å²) in [5.74, 6) is 2.67. The van der Waals surface area contributed by atoms with Gasteiger partial charge in [0.1, 0.15) is 11.6 Å². The monoisotopic (exact) mass is 347 g/mol. The van der Waals surface area contributed by atoms with Crippen LogP contribution in [0.15, 0.2) is 0 Å². The van der Waals surface area contributed by atoms with Crippen LogP contribution in [0, 0.1) is 0 Å². The zero-order valence-corrected chi connectivity index (χ0v) is 15.4. The van der Waals surface area contributed by atoms with E-state index in [2.05, 4.69) is 38.4 Å². The molecular formula is C18H29N5O2. The SMILES string of the molecule is CC(C)c1nnc2n1CCN(CC(=O)N1CCO[C@H]3CCCC[C@H]31)C2. The highest BCUT2D eigenvalue weighted by molar-refractivity contribution is 5.78. The van der Waals surface area contributed by atoms with Crippen molar-refractivity contribution < 1.29 is 9.53 Å². The lowest BCUT2D eigenvalue weighted by atomic mass is 9.90. The van der Waals surface area contributed by atoms with Gasteiger partial charge in [-0.05, 0) is 12.8 Å². The molecule has 0 spiro atoms. The van der Waals surface area contributed by atoms with Crippen LogP contribution in [0.3, 0.4) is 0 Å². The molecule has 3 aliphatic rings. The lowest BCUT2D eigenvalue weighted by Gasteiger charge is -2.44. The molecule has 7 heteroatoms. The van der Waals surface area contributed by atoms with Crippen LogP contribution < -0.4 is 0 Å². The van der Waals surface area contributed by atoms with Crippen LogP contribution in [0.5, 0.6) is 0 Å². The van der Waals surface area contributed by atoms with E-state index in [1.165, 1.54) is 12.8 Å². The Bertz CT molecular complexity index is 627. The lowest BCUT2D eigenvalue weighted by Crippen LogP contribution is -2.57. The van der Waals surface area contributed by atoms with Gasteiger partial charge in [0.15, 0.2) is 0 Å². The molecule has 0 unspecified atom stereocenters. The summed E-state index contributed by atoms with van der Waals surface area (Å²) in [4.78, 5) is 17.2. The maximum Gasteiger partial charge on any atom is 0.237 e. The van der Waals surface area contributed by atoms with Gasteiger partial charge in [-0.15, -0.1) is 10.2 Å². The Morgan fingerprint density at radius 2 is 2.04 bits per heavy atom. The lowest BCUT2D eigenvalue weighted by molar-refractivity contribution is -0.151. The summed E-state index contributed by atoms with van der Waals surface area (Å²) >= 11 is 0. The van der Waals surface area contributed by atoms with Crippen molar-refractivity contribution in [1.82, 2.24) is 24.6 Å². The first-order valence-electron chi connectivity index (χ1n) is 9.69. The molecule has 1 aliphatic carbocycles. The average molecular weight is 347 g/mol. The highest BCUT2D eigenvalue weighted by atomic mass is 16.5. The fourth-order valence-corrected chi connectivity index (χ4v) is 4.48. The predicted molar refractivity (Wildman–Crippen MR) is 93.1 cm³/mol. The molecule has 0 radical (unpaired) electrons. The molecule has 2 aliphatic heterocycles. The third-order valence-corrected chi connectivity index (χ3v) is 5.79. The molecule has 7 nitrogen and oxygen atoms in total. The van der Waals surface area contributed by atoms with Gasteiger partial charge in [0, 0.05) is 25.6 Å². The van der Waals surface area contributed by atoms with Crippen molar-refractivity contribution in [1.29, 1.82) is 0 Å². The van der Waals surface area contributed by atoms with Gasteiger partial charge in [0.25, 0.3) is 0 Å². The van der Waals surface area contributed by atoms with Crippen LogP contribution in [-0.4, -0.2) is 68.9 Å². The molecule has 25 heavy (non-hydrogen) atoms. The van der Waals surface area contributed by atoms with E-state index in [4.69, 9.17) is 4.74 Å². The molecule has 2 atom stereocenters. The molecule has 1 aromatic rings. The van der Waals surface area contributed by atoms with Gasteiger partial charge in [-0.3, -0.25) is 9.69 Å². The Morgan fingerprint density at radius 1 is 1.20 bits per heavy atom. The number of fused-ring (bicyclic) bond motifs is 2. The van der Waals surface area contributed by atoms with E-state index in [1.807, 2.05) is 0 Å². The minimum Gasteiger partial charge on any atom is -0.374 e. The zero-order chi connectivity index (χ0) is 17.4. The van der Waals surface area contributed by atoms with Gasteiger partial charge in [-0.25, -0.2) is 0 Å². The van der Waals surface area contributed by atoms with Crippen molar-refractivity contribution in [3.8, 4) is 0 Å². The number of morpholine rings is 1. The smallest absolute Gasteiger partial charge is 0.237 e. The Morgan fingerprint density at radius 3 is 2.88 bits per heavy atom. The molecule has 138 valence electrons. The molecule has 1 saturated heterocycles. The minimum atomic E-state index is 0.247. The summed E-state index contributed by atoms with van der Waals surface area (Å²) in [6, 6.07) is 0.288. The quantitative estimate of drug-likeness (QED) is 0.827. The second-order valence-corrected chi connectivity index (χ2v) is 7.84. The Balaban J connectivity index is 1.39. The van der Waals surface area contributed by atoms with Crippen LogP contribution in [0.4, 0.5) is 0 Å². The zero-order valence-electron chi connectivity index (χ0n) is 15.4. The van der Waals surface area contributed by atoms with E-state index in [0.717, 1.165) is 44.1 Å². The first-order chi connectivity index (χ1) is 12.1. The summed E-state index contributed by atoms with van der Waals surface area (Å²) in [6.45, 7) is 8.66. The van der Waals surface area contributed by atoms with Crippen molar-refractivity contribution in [2.75, 3.05) is 26.2 Å². The molecule has 3 heterocycles. The number of nitrogens with zero attached hydrogens (tertiary/aromatic N) is 5. The third kappa shape index (κ3) is 3.31. The van der Waals surface area contributed by atoms with Crippen LogP contribution in [-0.2, 0) is 22.6 Å². The van der Waals surface area contributed by atoms with E-state index >= 15 is 0 Å². The van der Waals surface area contributed by atoms with E-state index < -0.39 is 0 Å². The molecule has 0 aromatic carbocycles. The first-order valence-corrected chi connectivity index (χ1v) is 9.69. The number of carbonyl (C=O) groups excluding carboxylic acids is 1. The summed E-state index contributed by atoms with van der Waals surface area (Å²) < 4.78 is 8.11.